The molecule has 2 amide bonds. The van der Waals surface area contributed by atoms with Gasteiger partial charge in [0.15, 0.2) is 11.0 Å². The van der Waals surface area contributed by atoms with Crippen LogP contribution < -0.4 is 10.6 Å². The number of benzene rings is 2. The van der Waals surface area contributed by atoms with Crippen molar-refractivity contribution in [3.05, 3.63) is 77.6 Å². The number of hydrogen-bond acceptors (Lipinski definition) is 5. The number of thioether (sulfide) groups is 1. The van der Waals surface area contributed by atoms with Crippen molar-refractivity contribution in [2.45, 2.75) is 44.6 Å². The van der Waals surface area contributed by atoms with Crippen LogP contribution in [0, 0.1) is 0 Å². The lowest BCUT2D eigenvalue weighted by atomic mass is 10.1. The van der Waals surface area contributed by atoms with Crippen LogP contribution in [-0.4, -0.2) is 32.3 Å². The molecule has 3 rings (SSSR count). The van der Waals surface area contributed by atoms with Gasteiger partial charge >= 0.3 is 0 Å². The number of nitrogens with zero attached hydrogens (tertiary/aromatic N) is 3. The Morgan fingerprint density at radius 1 is 1.00 bits per heavy atom. The minimum Gasteiger partial charge on any atom is -0.349 e. The van der Waals surface area contributed by atoms with Gasteiger partial charge in [0.05, 0.1) is 24.8 Å². The molecule has 1 heterocycles. The standard InChI is InChI=1S/C23H27N5O2S/c1-3-28-20(15-24-21(29)14-18-10-6-4-7-11-18)26-27-23(28)31-16-22(30)25-17(2)19-12-8-5-9-13-19/h4-13,17H,3,14-16H2,1-2H3,(H,24,29)(H,25,30)/t17-/m0/s1. The Morgan fingerprint density at radius 2 is 1.68 bits per heavy atom. The maximum absolute atomic E-state index is 12.3. The van der Waals surface area contributed by atoms with Gasteiger partial charge in [-0.15, -0.1) is 10.2 Å². The molecule has 0 aliphatic heterocycles. The predicted octanol–water partition coefficient (Wildman–Crippen LogP) is 3.13. The lowest BCUT2D eigenvalue weighted by Crippen LogP contribution is -2.28. The topological polar surface area (TPSA) is 88.9 Å². The highest BCUT2D eigenvalue weighted by molar-refractivity contribution is 7.99. The first-order chi connectivity index (χ1) is 15.1. The monoisotopic (exact) mass is 437 g/mol. The molecule has 0 aliphatic carbocycles. The molecule has 0 radical (unpaired) electrons. The van der Waals surface area contributed by atoms with Gasteiger partial charge in [-0.05, 0) is 25.0 Å². The van der Waals surface area contributed by atoms with E-state index in [1.807, 2.05) is 79.1 Å². The number of carbonyl (C=O) groups is 2. The largest absolute Gasteiger partial charge is 0.349 e. The molecule has 1 aromatic heterocycles. The fourth-order valence-electron chi connectivity index (χ4n) is 3.13. The van der Waals surface area contributed by atoms with Crippen LogP contribution in [-0.2, 0) is 29.1 Å². The molecular formula is C23H27N5O2S. The quantitative estimate of drug-likeness (QED) is 0.476. The van der Waals surface area contributed by atoms with Gasteiger partial charge in [0.2, 0.25) is 11.8 Å². The van der Waals surface area contributed by atoms with Gasteiger partial charge in [-0.3, -0.25) is 9.59 Å². The summed E-state index contributed by atoms with van der Waals surface area (Å²) in [5.41, 5.74) is 2.02. The maximum atomic E-state index is 12.3. The molecule has 2 N–H and O–H groups in total. The minimum absolute atomic E-state index is 0.0614. The molecule has 0 saturated heterocycles. The van der Waals surface area contributed by atoms with Crippen molar-refractivity contribution in [3.63, 3.8) is 0 Å². The first-order valence-corrected chi connectivity index (χ1v) is 11.2. The van der Waals surface area contributed by atoms with Crippen LogP contribution in [0.5, 0.6) is 0 Å². The number of rotatable bonds is 10. The normalized spacial score (nSPS) is 11.7. The molecular weight excluding hydrogens is 410 g/mol. The van der Waals surface area contributed by atoms with E-state index < -0.39 is 0 Å². The highest BCUT2D eigenvalue weighted by Gasteiger charge is 2.15. The van der Waals surface area contributed by atoms with Crippen LogP contribution in [0.25, 0.3) is 0 Å². The lowest BCUT2D eigenvalue weighted by Gasteiger charge is -2.14. The molecule has 3 aromatic rings. The van der Waals surface area contributed by atoms with E-state index in [0.717, 1.165) is 11.1 Å². The van der Waals surface area contributed by atoms with E-state index in [1.165, 1.54) is 11.8 Å². The zero-order chi connectivity index (χ0) is 22.1. The average molecular weight is 438 g/mol. The van der Waals surface area contributed by atoms with E-state index in [2.05, 4.69) is 20.8 Å². The second-order valence-corrected chi connectivity index (χ2v) is 8.01. The summed E-state index contributed by atoms with van der Waals surface area (Å²) in [5, 5.41) is 15.0. The van der Waals surface area contributed by atoms with E-state index in [-0.39, 0.29) is 23.6 Å². The zero-order valence-corrected chi connectivity index (χ0v) is 18.6. The Labute approximate surface area is 186 Å². The summed E-state index contributed by atoms with van der Waals surface area (Å²) in [6.45, 7) is 4.90. The highest BCUT2D eigenvalue weighted by Crippen LogP contribution is 2.18. The molecule has 0 fully saturated rings. The number of nitrogens with one attached hydrogen (secondary N) is 2. The van der Waals surface area contributed by atoms with E-state index in [0.29, 0.717) is 30.5 Å². The number of aromatic nitrogens is 3. The third-order valence-electron chi connectivity index (χ3n) is 4.77. The second-order valence-electron chi connectivity index (χ2n) is 7.07. The van der Waals surface area contributed by atoms with Gasteiger partial charge in [-0.25, -0.2) is 0 Å². The van der Waals surface area contributed by atoms with Gasteiger partial charge in [-0.1, -0.05) is 72.4 Å². The fraction of sp³-hybridized carbons (Fsp3) is 0.304. The zero-order valence-electron chi connectivity index (χ0n) is 17.7. The Hall–Kier alpha value is -3.13. The highest BCUT2D eigenvalue weighted by atomic mass is 32.2. The Kier molecular flexibility index (Phi) is 8.23. The Bertz CT molecular complexity index is 992. The molecule has 0 aliphatic rings. The average Bonchev–Trinajstić information content (AvgIpc) is 3.19. The Balaban J connectivity index is 1.50. The molecule has 0 unspecified atom stereocenters. The molecule has 7 nitrogen and oxygen atoms in total. The van der Waals surface area contributed by atoms with Crippen molar-refractivity contribution >= 4 is 23.6 Å². The molecule has 162 valence electrons. The first kappa shape index (κ1) is 22.6. The summed E-state index contributed by atoms with van der Waals surface area (Å²) in [4.78, 5) is 24.5. The van der Waals surface area contributed by atoms with Crippen molar-refractivity contribution in [2.24, 2.45) is 0 Å². The van der Waals surface area contributed by atoms with Gasteiger partial charge in [0.1, 0.15) is 0 Å². The number of carbonyl (C=O) groups excluding carboxylic acids is 2. The van der Waals surface area contributed by atoms with Crippen molar-refractivity contribution in [2.75, 3.05) is 5.75 Å². The Morgan fingerprint density at radius 3 is 2.35 bits per heavy atom. The fourth-order valence-corrected chi connectivity index (χ4v) is 3.97. The van der Waals surface area contributed by atoms with Crippen LogP contribution in [0.1, 0.15) is 36.8 Å². The summed E-state index contributed by atoms with van der Waals surface area (Å²) < 4.78 is 1.92. The number of amides is 2. The summed E-state index contributed by atoms with van der Waals surface area (Å²) in [7, 11) is 0. The van der Waals surface area contributed by atoms with Crippen molar-refractivity contribution in [3.8, 4) is 0 Å². The SMILES string of the molecule is CCn1c(CNC(=O)Cc2ccccc2)nnc1SCC(=O)N[C@@H](C)c1ccccc1. The second kappa shape index (κ2) is 11.3. The summed E-state index contributed by atoms with van der Waals surface area (Å²) in [6.07, 6.45) is 0.322. The van der Waals surface area contributed by atoms with Crippen LogP contribution in [0.4, 0.5) is 0 Å². The van der Waals surface area contributed by atoms with E-state index in [1.54, 1.807) is 0 Å². The first-order valence-electron chi connectivity index (χ1n) is 10.3. The van der Waals surface area contributed by atoms with Crippen LogP contribution in [0.2, 0.25) is 0 Å². The summed E-state index contributed by atoms with van der Waals surface area (Å²) in [5.74, 6) is 0.782. The van der Waals surface area contributed by atoms with E-state index >= 15 is 0 Å². The summed E-state index contributed by atoms with van der Waals surface area (Å²) in [6, 6.07) is 19.4. The molecule has 1 atom stereocenters. The lowest BCUT2D eigenvalue weighted by molar-refractivity contribution is -0.121. The molecule has 31 heavy (non-hydrogen) atoms. The van der Waals surface area contributed by atoms with E-state index in [9.17, 15) is 9.59 Å². The minimum atomic E-state index is -0.0691. The molecule has 0 spiro atoms. The third kappa shape index (κ3) is 6.68. The van der Waals surface area contributed by atoms with Crippen LogP contribution in [0.3, 0.4) is 0 Å². The molecule has 8 heteroatoms. The van der Waals surface area contributed by atoms with Gasteiger partial charge in [0.25, 0.3) is 0 Å². The smallest absolute Gasteiger partial charge is 0.230 e. The van der Waals surface area contributed by atoms with Gasteiger partial charge in [0, 0.05) is 6.54 Å². The maximum Gasteiger partial charge on any atom is 0.230 e. The predicted molar refractivity (Wildman–Crippen MR) is 121 cm³/mol. The van der Waals surface area contributed by atoms with Crippen molar-refractivity contribution in [1.29, 1.82) is 0 Å². The molecule has 2 aromatic carbocycles. The third-order valence-corrected chi connectivity index (χ3v) is 5.74. The summed E-state index contributed by atoms with van der Waals surface area (Å²) >= 11 is 1.34. The van der Waals surface area contributed by atoms with E-state index in [4.69, 9.17) is 0 Å². The van der Waals surface area contributed by atoms with Gasteiger partial charge < -0.3 is 15.2 Å². The van der Waals surface area contributed by atoms with Crippen molar-refractivity contribution in [1.82, 2.24) is 25.4 Å². The van der Waals surface area contributed by atoms with Gasteiger partial charge in [-0.2, -0.15) is 0 Å². The van der Waals surface area contributed by atoms with Crippen LogP contribution >= 0.6 is 11.8 Å². The molecule has 0 saturated carbocycles. The van der Waals surface area contributed by atoms with Crippen molar-refractivity contribution < 1.29 is 9.59 Å². The van der Waals surface area contributed by atoms with Crippen LogP contribution in [0.15, 0.2) is 65.8 Å². The molecule has 0 bridgehead atoms. The number of hydrogen-bond donors (Lipinski definition) is 2.